The molecule has 3 amide bonds. The van der Waals surface area contributed by atoms with Crippen molar-refractivity contribution in [1.82, 2.24) is 0 Å². The first kappa shape index (κ1) is 20.3. The van der Waals surface area contributed by atoms with Crippen molar-refractivity contribution in [3.63, 3.8) is 0 Å². The van der Waals surface area contributed by atoms with Gasteiger partial charge in [-0.25, -0.2) is 0 Å². The van der Waals surface area contributed by atoms with Crippen LogP contribution in [0.1, 0.15) is 24.8 Å². The topological polar surface area (TPSA) is 84.0 Å². The molecule has 0 N–H and O–H groups in total. The quantitative estimate of drug-likeness (QED) is 0.388. The number of aryl methyl sites for hydroxylation is 1. The SMILES string of the molecule is Cc1cc(OC(=O)[C@@H]2CC(=O)N(c3ccc(Br)cc3)C2)ccc1N1C(=O)CCC1=O. The van der Waals surface area contributed by atoms with Crippen LogP contribution in [0.2, 0.25) is 0 Å². The molecule has 2 aromatic carbocycles. The van der Waals surface area contributed by atoms with E-state index in [1.54, 1.807) is 30.0 Å². The minimum absolute atomic E-state index is 0.0861. The van der Waals surface area contributed by atoms with E-state index in [0.29, 0.717) is 17.0 Å². The van der Waals surface area contributed by atoms with Gasteiger partial charge < -0.3 is 9.64 Å². The zero-order valence-electron chi connectivity index (χ0n) is 16.3. The van der Waals surface area contributed by atoms with Crippen molar-refractivity contribution in [1.29, 1.82) is 0 Å². The van der Waals surface area contributed by atoms with E-state index in [1.165, 1.54) is 4.90 Å². The summed E-state index contributed by atoms with van der Waals surface area (Å²) in [5.41, 5.74) is 1.89. The molecule has 2 aliphatic heterocycles. The third-order valence-electron chi connectivity index (χ3n) is 5.28. The average Bonchev–Trinajstić information content (AvgIpc) is 3.25. The summed E-state index contributed by atoms with van der Waals surface area (Å²) in [6.45, 7) is 2.01. The third kappa shape index (κ3) is 3.87. The Hall–Kier alpha value is -3.00. The second kappa shape index (κ2) is 8.02. The number of imide groups is 1. The van der Waals surface area contributed by atoms with Gasteiger partial charge in [-0.05, 0) is 55.0 Å². The third-order valence-corrected chi connectivity index (χ3v) is 5.80. The number of hydrogen-bond acceptors (Lipinski definition) is 5. The molecule has 154 valence electrons. The highest BCUT2D eigenvalue weighted by Gasteiger charge is 2.36. The minimum atomic E-state index is -0.567. The van der Waals surface area contributed by atoms with Crippen molar-refractivity contribution < 1.29 is 23.9 Å². The number of esters is 1. The maximum absolute atomic E-state index is 12.6. The fourth-order valence-corrected chi connectivity index (χ4v) is 3.99. The number of rotatable bonds is 4. The van der Waals surface area contributed by atoms with Gasteiger partial charge in [0.15, 0.2) is 0 Å². The number of carbonyl (C=O) groups excluding carboxylic acids is 4. The maximum Gasteiger partial charge on any atom is 0.316 e. The Kier molecular flexibility index (Phi) is 5.42. The molecule has 2 aliphatic rings. The van der Waals surface area contributed by atoms with Gasteiger partial charge in [-0.1, -0.05) is 15.9 Å². The highest BCUT2D eigenvalue weighted by atomic mass is 79.9. The monoisotopic (exact) mass is 470 g/mol. The van der Waals surface area contributed by atoms with Crippen LogP contribution in [0.25, 0.3) is 0 Å². The van der Waals surface area contributed by atoms with Gasteiger partial charge in [0, 0.05) is 36.0 Å². The van der Waals surface area contributed by atoms with Crippen LogP contribution in [0.4, 0.5) is 11.4 Å². The summed E-state index contributed by atoms with van der Waals surface area (Å²) in [7, 11) is 0. The summed E-state index contributed by atoms with van der Waals surface area (Å²) < 4.78 is 6.40. The van der Waals surface area contributed by atoms with Crippen LogP contribution in [-0.2, 0) is 19.2 Å². The summed E-state index contributed by atoms with van der Waals surface area (Å²) in [6.07, 6.45) is 0.502. The predicted molar refractivity (Wildman–Crippen MR) is 113 cm³/mol. The Bertz CT molecular complexity index is 1030. The van der Waals surface area contributed by atoms with Crippen LogP contribution in [-0.4, -0.2) is 30.2 Å². The largest absolute Gasteiger partial charge is 0.426 e. The molecule has 2 saturated heterocycles. The second-order valence-corrected chi connectivity index (χ2v) is 8.29. The van der Waals surface area contributed by atoms with Gasteiger partial charge in [0.25, 0.3) is 0 Å². The van der Waals surface area contributed by atoms with E-state index in [9.17, 15) is 19.2 Å². The highest BCUT2D eigenvalue weighted by Crippen LogP contribution is 2.31. The molecular formula is C22H19BrN2O5. The predicted octanol–water partition coefficient (Wildman–Crippen LogP) is 3.37. The van der Waals surface area contributed by atoms with E-state index in [-0.39, 0.29) is 43.5 Å². The van der Waals surface area contributed by atoms with Gasteiger partial charge >= 0.3 is 5.97 Å². The number of carbonyl (C=O) groups is 4. The van der Waals surface area contributed by atoms with E-state index < -0.39 is 11.9 Å². The lowest BCUT2D eigenvalue weighted by Crippen LogP contribution is -2.29. The van der Waals surface area contributed by atoms with E-state index >= 15 is 0 Å². The smallest absolute Gasteiger partial charge is 0.316 e. The lowest BCUT2D eigenvalue weighted by atomic mass is 10.1. The van der Waals surface area contributed by atoms with Crippen LogP contribution in [0.3, 0.4) is 0 Å². The Morgan fingerprint density at radius 2 is 1.67 bits per heavy atom. The number of benzene rings is 2. The molecule has 0 saturated carbocycles. The first-order chi connectivity index (χ1) is 14.3. The van der Waals surface area contributed by atoms with Gasteiger partial charge in [0.05, 0.1) is 11.6 Å². The molecule has 0 aromatic heterocycles. The van der Waals surface area contributed by atoms with Crippen LogP contribution in [0.5, 0.6) is 5.75 Å². The van der Waals surface area contributed by atoms with E-state index in [0.717, 1.165) is 10.2 Å². The van der Waals surface area contributed by atoms with Crippen LogP contribution >= 0.6 is 15.9 Å². The fraction of sp³-hybridized carbons (Fsp3) is 0.273. The van der Waals surface area contributed by atoms with Gasteiger partial charge in [-0.3, -0.25) is 24.1 Å². The minimum Gasteiger partial charge on any atom is -0.426 e. The molecule has 2 fully saturated rings. The Labute approximate surface area is 181 Å². The van der Waals surface area contributed by atoms with Gasteiger partial charge in [-0.2, -0.15) is 0 Å². The molecule has 1 atom stereocenters. The first-order valence-electron chi connectivity index (χ1n) is 9.57. The standard InChI is InChI=1S/C22H19BrN2O5/c1-13-10-17(6-7-18(13)25-19(26)8-9-20(25)27)30-22(29)14-11-21(28)24(12-14)16-4-2-15(23)3-5-16/h2-7,10,14H,8-9,11-12H2,1H3/t14-/m1/s1. The van der Waals surface area contributed by atoms with Crippen molar-refractivity contribution in [2.45, 2.75) is 26.2 Å². The molecule has 0 radical (unpaired) electrons. The highest BCUT2D eigenvalue weighted by molar-refractivity contribution is 9.10. The Morgan fingerprint density at radius 1 is 1.00 bits per heavy atom. The summed E-state index contributed by atoms with van der Waals surface area (Å²) in [5.74, 6) is -1.33. The normalized spacial score (nSPS) is 19.0. The number of amides is 3. The van der Waals surface area contributed by atoms with Gasteiger partial charge in [0.2, 0.25) is 17.7 Å². The second-order valence-electron chi connectivity index (χ2n) is 7.37. The van der Waals surface area contributed by atoms with Crippen LogP contribution < -0.4 is 14.5 Å². The number of nitrogens with zero attached hydrogens (tertiary/aromatic N) is 2. The lowest BCUT2D eigenvalue weighted by Gasteiger charge is -2.18. The number of anilines is 2. The summed E-state index contributed by atoms with van der Waals surface area (Å²) in [5, 5.41) is 0. The molecule has 0 spiro atoms. The van der Waals surface area contributed by atoms with Gasteiger partial charge in [-0.15, -0.1) is 0 Å². The lowest BCUT2D eigenvalue weighted by molar-refractivity contribution is -0.139. The zero-order valence-corrected chi connectivity index (χ0v) is 17.8. The first-order valence-corrected chi connectivity index (χ1v) is 10.4. The molecule has 8 heteroatoms. The number of hydrogen-bond donors (Lipinski definition) is 0. The molecule has 0 bridgehead atoms. The van der Waals surface area contributed by atoms with E-state index in [2.05, 4.69) is 15.9 Å². The zero-order chi connectivity index (χ0) is 21.4. The van der Waals surface area contributed by atoms with Crippen molar-refractivity contribution in [3.8, 4) is 5.75 Å². The van der Waals surface area contributed by atoms with Crippen molar-refractivity contribution >= 4 is 51.0 Å². The van der Waals surface area contributed by atoms with E-state index in [4.69, 9.17) is 4.74 Å². The summed E-state index contributed by atoms with van der Waals surface area (Å²) >= 11 is 3.36. The molecule has 4 rings (SSSR count). The molecule has 2 aromatic rings. The molecule has 7 nitrogen and oxygen atoms in total. The van der Waals surface area contributed by atoms with Crippen molar-refractivity contribution in [2.24, 2.45) is 5.92 Å². The summed E-state index contributed by atoms with van der Waals surface area (Å²) in [4.78, 5) is 51.6. The fourth-order valence-electron chi connectivity index (χ4n) is 3.72. The number of ether oxygens (including phenoxy) is 1. The van der Waals surface area contributed by atoms with Gasteiger partial charge in [0.1, 0.15) is 5.75 Å². The molecule has 2 heterocycles. The van der Waals surface area contributed by atoms with Crippen LogP contribution in [0.15, 0.2) is 46.9 Å². The molecule has 0 unspecified atom stereocenters. The maximum atomic E-state index is 12.6. The molecule has 0 aliphatic carbocycles. The number of halogens is 1. The Morgan fingerprint density at radius 3 is 2.30 bits per heavy atom. The van der Waals surface area contributed by atoms with Crippen molar-refractivity contribution in [3.05, 3.63) is 52.5 Å². The van der Waals surface area contributed by atoms with Crippen molar-refractivity contribution in [2.75, 3.05) is 16.3 Å². The molecule has 30 heavy (non-hydrogen) atoms. The summed E-state index contributed by atoms with van der Waals surface area (Å²) in [6, 6.07) is 12.1. The molecular weight excluding hydrogens is 452 g/mol. The van der Waals surface area contributed by atoms with E-state index in [1.807, 2.05) is 24.3 Å². The average molecular weight is 471 g/mol. The van der Waals surface area contributed by atoms with Crippen LogP contribution in [0, 0.1) is 12.8 Å². The Balaban J connectivity index is 1.44.